The molecule has 1 aromatic carbocycles. The summed E-state index contributed by atoms with van der Waals surface area (Å²) in [6.45, 7) is 6.49. The summed E-state index contributed by atoms with van der Waals surface area (Å²) < 4.78 is 5.56. The van der Waals surface area contributed by atoms with E-state index in [4.69, 9.17) is 4.74 Å². The molecule has 0 saturated heterocycles. The fourth-order valence-corrected chi connectivity index (χ4v) is 3.17. The van der Waals surface area contributed by atoms with E-state index in [1.54, 1.807) is 24.3 Å². The summed E-state index contributed by atoms with van der Waals surface area (Å²) in [5.74, 6) is 0.970. The Balaban J connectivity index is 1.93. The summed E-state index contributed by atoms with van der Waals surface area (Å²) in [5, 5.41) is 2.32. The van der Waals surface area contributed by atoms with Crippen molar-refractivity contribution in [2.75, 3.05) is 0 Å². The molecule has 4 heteroatoms. The van der Waals surface area contributed by atoms with Crippen LogP contribution in [0, 0.1) is 17.8 Å². The number of carbonyl (C=O) groups excluding carboxylic acids is 2. The van der Waals surface area contributed by atoms with Crippen molar-refractivity contribution in [3.63, 3.8) is 0 Å². The third-order valence-corrected chi connectivity index (χ3v) is 4.47. The normalized spacial score (nSPS) is 24.8. The number of ether oxygens (including phenoxy) is 1. The Bertz CT molecular complexity index is 512. The lowest BCUT2D eigenvalue weighted by atomic mass is 9.75. The van der Waals surface area contributed by atoms with Gasteiger partial charge in [-0.3, -0.25) is 10.1 Å². The number of rotatable bonds is 3. The molecule has 2 amide bonds. The van der Waals surface area contributed by atoms with Crippen molar-refractivity contribution < 1.29 is 14.3 Å². The van der Waals surface area contributed by atoms with Gasteiger partial charge in [0.05, 0.1) is 0 Å². The molecule has 0 unspecified atom stereocenters. The highest BCUT2D eigenvalue weighted by molar-refractivity contribution is 6.02. The van der Waals surface area contributed by atoms with E-state index in [9.17, 15) is 9.59 Å². The van der Waals surface area contributed by atoms with Crippen molar-refractivity contribution in [2.24, 2.45) is 17.8 Å². The fourth-order valence-electron chi connectivity index (χ4n) is 3.17. The van der Waals surface area contributed by atoms with E-state index < -0.39 is 12.0 Å². The zero-order chi connectivity index (χ0) is 16.1. The molecule has 22 heavy (non-hydrogen) atoms. The lowest BCUT2D eigenvalue weighted by Crippen LogP contribution is -2.40. The van der Waals surface area contributed by atoms with Crippen molar-refractivity contribution in [1.29, 1.82) is 0 Å². The highest BCUT2D eigenvalue weighted by Gasteiger charge is 2.33. The second-order valence-electron chi connectivity index (χ2n) is 6.59. The quantitative estimate of drug-likeness (QED) is 0.917. The molecule has 1 fully saturated rings. The van der Waals surface area contributed by atoms with Gasteiger partial charge in [-0.05, 0) is 42.7 Å². The zero-order valence-electron chi connectivity index (χ0n) is 13.5. The molecule has 1 aliphatic rings. The molecule has 1 saturated carbocycles. The first-order chi connectivity index (χ1) is 10.5. The Morgan fingerprint density at radius 3 is 2.50 bits per heavy atom. The lowest BCUT2D eigenvalue weighted by Gasteiger charge is -2.36. The number of imide groups is 1. The highest BCUT2D eigenvalue weighted by atomic mass is 16.6. The topological polar surface area (TPSA) is 55.4 Å². The summed E-state index contributed by atoms with van der Waals surface area (Å²) in [6.07, 6.45) is 2.37. The Labute approximate surface area is 132 Å². The van der Waals surface area contributed by atoms with E-state index in [0.717, 1.165) is 12.8 Å². The molecule has 1 N–H and O–H groups in total. The number of nitrogens with one attached hydrogen (secondary N) is 1. The molecular weight excluding hydrogens is 278 g/mol. The largest absolute Gasteiger partial charge is 0.446 e. The minimum absolute atomic E-state index is 0.104. The first-order valence-electron chi connectivity index (χ1n) is 8.04. The summed E-state index contributed by atoms with van der Waals surface area (Å²) >= 11 is 0. The van der Waals surface area contributed by atoms with Gasteiger partial charge in [0.15, 0.2) is 0 Å². The number of carbonyl (C=O) groups is 2. The molecule has 0 aromatic heterocycles. The van der Waals surface area contributed by atoms with Gasteiger partial charge >= 0.3 is 6.09 Å². The van der Waals surface area contributed by atoms with E-state index in [0.29, 0.717) is 23.3 Å². The SMILES string of the molecule is CC(C)[C@@H]1CC[C@H](C)C[C@H]1OC(=O)NC(=O)c1ccccc1. The molecule has 1 aliphatic carbocycles. The molecule has 1 aromatic rings. The van der Waals surface area contributed by atoms with E-state index in [-0.39, 0.29) is 6.10 Å². The Hall–Kier alpha value is -1.84. The van der Waals surface area contributed by atoms with Gasteiger partial charge in [-0.2, -0.15) is 0 Å². The summed E-state index contributed by atoms with van der Waals surface area (Å²) in [7, 11) is 0. The van der Waals surface area contributed by atoms with Gasteiger partial charge in [0.25, 0.3) is 5.91 Å². The molecule has 0 heterocycles. The van der Waals surface area contributed by atoms with Crippen LogP contribution in [0.15, 0.2) is 30.3 Å². The monoisotopic (exact) mass is 303 g/mol. The van der Waals surface area contributed by atoms with Crippen molar-refractivity contribution in [1.82, 2.24) is 5.32 Å². The second-order valence-corrected chi connectivity index (χ2v) is 6.59. The summed E-state index contributed by atoms with van der Waals surface area (Å²) in [4.78, 5) is 24.0. The molecule has 0 aliphatic heterocycles. The van der Waals surface area contributed by atoms with Crippen LogP contribution in [0.25, 0.3) is 0 Å². The van der Waals surface area contributed by atoms with Crippen molar-refractivity contribution in [3.8, 4) is 0 Å². The van der Waals surface area contributed by atoms with Crippen molar-refractivity contribution >= 4 is 12.0 Å². The zero-order valence-corrected chi connectivity index (χ0v) is 13.5. The number of alkyl carbamates (subject to hydrolysis) is 1. The smallest absolute Gasteiger partial charge is 0.414 e. The predicted molar refractivity (Wildman–Crippen MR) is 85.5 cm³/mol. The van der Waals surface area contributed by atoms with E-state index in [1.165, 1.54) is 6.42 Å². The first-order valence-corrected chi connectivity index (χ1v) is 8.04. The average molecular weight is 303 g/mol. The van der Waals surface area contributed by atoms with Gasteiger partial charge in [-0.25, -0.2) is 4.79 Å². The minimum atomic E-state index is -0.640. The van der Waals surface area contributed by atoms with Gasteiger partial charge in [-0.1, -0.05) is 45.4 Å². The maximum absolute atomic E-state index is 12.0. The molecule has 3 atom stereocenters. The van der Waals surface area contributed by atoms with Gasteiger partial charge in [-0.15, -0.1) is 0 Å². The Morgan fingerprint density at radius 1 is 1.18 bits per heavy atom. The maximum Gasteiger partial charge on any atom is 0.414 e. The number of amides is 2. The van der Waals surface area contributed by atoms with Crippen LogP contribution in [0.3, 0.4) is 0 Å². The van der Waals surface area contributed by atoms with Crippen molar-refractivity contribution in [2.45, 2.75) is 46.1 Å². The van der Waals surface area contributed by atoms with Crippen LogP contribution >= 0.6 is 0 Å². The number of hydrogen-bond acceptors (Lipinski definition) is 3. The van der Waals surface area contributed by atoms with Gasteiger partial charge < -0.3 is 4.74 Å². The van der Waals surface area contributed by atoms with Gasteiger partial charge in [0.2, 0.25) is 0 Å². The number of hydrogen-bond donors (Lipinski definition) is 1. The maximum atomic E-state index is 12.0. The van der Waals surface area contributed by atoms with E-state index in [2.05, 4.69) is 26.1 Å². The van der Waals surface area contributed by atoms with E-state index >= 15 is 0 Å². The lowest BCUT2D eigenvalue weighted by molar-refractivity contribution is 0.00664. The Kier molecular flexibility index (Phi) is 5.58. The molecule has 0 spiro atoms. The number of benzene rings is 1. The summed E-state index contributed by atoms with van der Waals surface area (Å²) in [6, 6.07) is 8.69. The van der Waals surface area contributed by atoms with Crippen LogP contribution in [0.1, 0.15) is 50.4 Å². The van der Waals surface area contributed by atoms with Gasteiger partial charge in [0, 0.05) is 5.56 Å². The van der Waals surface area contributed by atoms with Crippen LogP contribution in [-0.2, 0) is 4.74 Å². The average Bonchev–Trinajstić information content (AvgIpc) is 2.47. The highest BCUT2D eigenvalue weighted by Crippen LogP contribution is 2.35. The van der Waals surface area contributed by atoms with Gasteiger partial charge in [0.1, 0.15) is 6.10 Å². The van der Waals surface area contributed by atoms with Crippen LogP contribution in [-0.4, -0.2) is 18.1 Å². The molecule has 4 nitrogen and oxygen atoms in total. The molecular formula is C18H25NO3. The standard InChI is InChI=1S/C18H25NO3/c1-12(2)15-10-9-13(3)11-16(15)22-18(21)19-17(20)14-7-5-4-6-8-14/h4-8,12-13,15-16H,9-11H2,1-3H3,(H,19,20,21)/t13-,15-,16+/m0/s1. The Morgan fingerprint density at radius 2 is 1.86 bits per heavy atom. The van der Waals surface area contributed by atoms with Crippen LogP contribution < -0.4 is 5.32 Å². The van der Waals surface area contributed by atoms with E-state index in [1.807, 2.05) is 6.07 Å². The third kappa shape index (κ3) is 4.33. The van der Waals surface area contributed by atoms with Crippen molar-refractivity contribution in [3.05, 3.63) is 35.9 Å². The molecule has 0 bridgehead atoms. The third-order valence-electron chi connectivity index (χ3n) is 4.47. The van der Waals surface area contributed by atoms with Crippen LogP contribution in [0.4, 0.5) is 4.79 Å². The second kappa shape index (κ2) is 7.43. The molecule has 0 radical (unpaired) electrons. The first kappa shape index (κ1) is 16.5. The van der Waals surface area contributed by atoms with Crippen LogP contribution in [0.2, 0.25) is 0 Å². The minimum Gasteiger partial charge on any atom is -0.446 e. The molecule has 2 rings (SSSR count). The summed E-state index contributed by atoms with van der Waals surface area (Å²) in [5.41, 5.74) is 0.455. The van der Waals surface area contributed by atoms with Crippen LogP contribution in [0.5, 0.6) is 0 Å². The predicted octanol–water partition coefficient (Wildman–Crippen LogP) is 4.01. The molecule has 120 valence electrons. The fraction of sp³-hybridized carbons (Fsp3) is 0.556.